The number of carbonyl (C=O) groups excluding carboxylic acids is 2. The van der Waals surface area contributed by atoms with Crippen LogP contribution in [0.3, 0.4) is 0 Å². The molecule has 1 aromatic carbocycles. The summed E-state index contributed by atoms with van der Waals surface area (Å²) in [6, 6.07) is 5.67. The highest BCUT2D eigenvalue weighted by molar-refractivity contribution is 7.00. The normalized spacial score (nSPS) is 16.9. The van der Waals surface area contributed by atoms with E-state index in [1.165, 1.54) is 0 Å². The van der Waals surface area contributed by atoms with E-state index in [0.717, 1.165) is 28.3 Å². The van der Waals surface area contributed by atoms with Crippen molar-refractivity contribution in [2.24, 2.45) is 0 Å². The van der Waals surface area contributed by atoms with E-state index in [1.54, 1.807) is 7.05 Å². The standard InChI is InChI=1S/C14H12N6O2S/c1-15-14(22)12-10-7(5-9(21)16-13(10)18-17-12)6-3-2-4-8-11(6)20-23-19-8/h2-4,7H,5H2,1H3,(H,15,22)(H2,16,17,18,21)/t7-/m1/s1. The molecule has 0 fully saturated rings. The minimum atomic E-state index is -0.294. The van der Waals surface area contributed by atoms with Crippen LogP contribution in [0.25, 0.3) is 11.0 Å². The van der Waals surface area contributed by atoms with Crippen molar-refractivity contribution in [2.75, 3.05) is 12.4 Å². The SMILES string of the molecule is CNC(=O)c1[nH]nc2c1[C@@H](c1cccc3nsnc13)CC(=O)N2. The second-order valence-electron chi connectivity index (χ2n) is 5.22. The average Bonchev–Trinajstić information content (AvgIpc) is 3.19. The van der Waals surface area contributed by atoms with Gasteiger partial charge in [-0.3, -0.25) is 14.7 Å². The summed E-state index contributed by atoms with van der Waals surface area (Å²) in [6.07, 6.45) is 0.229. The predicted molar refractivity (Wildman–Crippen MR) is 84.5 cm³/mol. The fraction of sp³-hybridized carbons (Fsp3) is 0.214. The van der Waals surface area contributed by atoms with Crippen LogP contribution in [0.2, 0.25) is 0 Å². The average molecular weight is 328 g/mol. The van der Waals surface area contributed by atoms with Gasteiger partial charge in [-0.15, -0.1) is 0 Å². The first kappa shape index (κ1) is 13.8. The van der Waals surface area contributed by atoms with Gasteiger partial charge < -0.3 is 10.6 Å². The number of hydrogen-bond acceptors (Lipinski definition) is 6. The maximum atomic E-state index is 12.1. The Kier molecular flexibility index (Phi) is 3.08. The largest absolute Gasteiger partial charge is 0.354 e. The van der Waals surface area contributed by atoms with Gasteiger partial charge in [-0.25, -0.2) is 0 Å². The lowest BCUT2D eigenvalue weighted by molar-refractivity contribution is -0.116. The molecule has 3 heterocycles. The third-order valence-electron chi connectivity index (χ3n) is 3.95. The Labute approximate surface area is 134 Å². The molecule has 1 atom stereocenters. The van der Waals surface area contributed by atoms with Crippen molar-refractivity contribution in [2.45, 2.75) is 12.3 Å². The Morgan fingerprint density at radius 3 is 3.09 bits per heavy atom. The number of nitrogens with one attached hydrogen (secondary N) is 3. The van der Waals surface area contributed by atoms with Crippen LogP contribution in [0, 0.1) is 0 Å². The van der Waals surface area contributed by atoms with Crippen molar-refractivity contribution in [1.82, 2.24) is 24.3 Å². The molecule has 2 aromatic heterocycles. The van der Waals surface area contributed by atoms with Crippen LogP contribution >= 0.6 is 11.7 Å². The fourth-order valence-electron chi connectivity index (χ4n) is 2.93. The summed E-state index contributed by atoms with van der Waals surface area (Å²) in [5, 5.41) is 12.1. The highest BCUT2D eigenvalue weighted by Gasteiger charge is 2.34. The van der Waals surface area contributed by atoms with Gasteiger partial charge >= 0.3 is 0 Å². The Bertz CT molecular complexity index is 930. The number of H-pyrrole nitrogens is 1. The maximum absolute atomic E-state index is 12.1. The smallest absolute Gasteiger partial charge is 0.269 e. The molecule has 0 aliphatic carbocycles. The van der Waals surface area contributed by atoms with Crippen LogP contribution in [-0.4, -0.2) is 37.8 Å². The zero-order valence-electron chi connectivity index (χ0n) is 12.1. The van der Waals surface area contributed by atoms with Crippen LogP contribution in [0.15, 0.2) is 18.2 Å². The number of aromatic amines is 1. The molecule has 0 spiro atoms. The van der Waals surface area contributed by atoms with Crippen LogP contribution in [0.4, 0.5) is 5.82 Å². The molecular weight excluding hydrogens is 316 g/mol. The number of hydrogen-bond donors (Lipinski definition) is 3. The lowest BCUT2D eigenvalue weighted by Crippen LogP contribution is -2.26. The van der Waals surface area contributed by atoms with Crippen LogP contribution in [-0.2, 0) is 4.79 Å². The highest BCUT2D eigenvalue weighted by atomic mass is 32.1. The number of amides is 2. The molecule has 4 rings (SSSR count). The van der Waals surface area contributed by atoms with Gasteiger partial charge in [0.25, 0.3) is 5.91 Å². The van der Waals surface area contributed by atoms with E-state index < -0.39 is 0 Å². The van der Waals surface area contributed by atoms with Gasteiger partial charge in [0.2, 0.25) is 5.91 Å². The minimum Gasteiger partial charge on any atom is -0.354 e. The summed E-state index contributed by atoms with van der Waals surface area (Å²) in [5.74, 6) is -0.316. The van der Waals surface area contributed by atoms with Crippen LogP contribution in [0.5, 0.6) is 0 Å². The molecule has 2 amide bonds. The Balaban J connectivity index is 1.94. The molecule has 0 saturated carbocycles. The third kappa shape index (κ3) is 2.08. The summed E-state index contributed by atoms with van der Waals surface area (Å²) in [5.41, 5.74) is 3.45. The summed E-state index contributed by atoms with van der Waals surface area (Å²) in [7, 11) is 1.55. The highest BCUT2D eigenvalue weighted by Crippen LogP contribution is 2.40. The summed E-state index contributed by atoms with van der Waals surface area (Å²) >= 11 is 1.13. The predicted octanol–water partition coefficient (Wildman–Crippen LogP) is 1.25. The number of rotatable bonds is 2. The van der Waals surface area contributed by atoms with E-state index >= 15 is 0 Å². The number of carbonyl (C=O) groups is 2. The summed E-state index contributed by atoms with van der Waals surface area (Å²) in [4.78, 5) is 24.1. The van der Waals surface area contributed by atoms with E-state index in [0.29, 0.717) is 17.1 Å². The van der Waals surface area contributed by atoms with Gasteiger partial charge in [0.05, 0.1) is 11.7 Å². The molecule has 3 N–H and O–H groups in total. The van der Waals surface area contributed by atoms with Crippen molar-refractivity contribution >= 4 is 40.4 Å². The van der Waals surface area contributed by atoms with E-state index in [4.69, 9.17) is 0 Å². The molecule has 23 heavy (non-hydrogen) atoms. The molecule has 9 heteroatoms. The molecule has 0 unspecified atom stereocenters. The quantitative estimate of drug-likeness (QED) is 0.655. The monoisotopic (exact) mass is 328 g/mol. The molecular formula is C14H12N6O2S. The van der Waals surface area contributed by atoms with Crippen LogP contribution < -0.4 is 10.6 Å². The van der Waals surface area contributed by atoms with E-state index in [9.17, 15) is 9.59 Å². The molecule has 0 bridgehead atoms. The minimum absolute atomic E-state index is 0.141. The Hall–Kier alpha value is -2.81. The molecule has 3 aromatic rings. The molecule has 8 nitrogen and oxygen atoms in total. The van der Waals surface area contributed by atoms with Gasteiger partial charge in [0.15, 0.2) is 5.82 Å². The lowest BCUT2D eigenvalue weighted by atomic mass is 9.85. The van der Waals surface area contributed by atoms with Crippen molar-refractivity contribution < 1.29 is 9.59 Å². The zero-order valence-corrected chi connectivity index (χ0v) is 12.9. The van der Waals surface area contributed by atoms with E-state index in [-0.39, 0.29) is 24.2 Å². The van der Waals surface area contributed by atoms with Gasteiger partial charge in [0, 0.05) is 24.9 Å². The first-order chi connectivity index (χ1) is 11.2. The lowest BCUT2D eigenvalue weighted by Gasteiger charge is -2.23. The second kappa shape index (κ2) is 5.13. The molecule has 1 aliphatic rings. The van der Waals surface area contributed by atoms with Gasteiger partial charge in [-0.2, -0.15) is 13.8 Å². The van der Waals surface area contributed by atoms with Gasteiger partial charge in [0.1, 0.15) is 16.7 Å². The number of aromatic nitrogens is 4. The first-order valence-electron chi connectivity index (χ1n) is 7.00. The molecule has 0 radical (unpaired) electrons. The summed E-state index contributed by atoms with van der Waals surface area (Å²) < 4.78 is 8.58. The van der Waals surface area contributed by atoms with Crippen molar-refractivity contribution in [3.05, 3.63) is 35.0 Å². The summed E-state index contributed by atoms with van der Waals surface area (Å²) in [6.45, 7) is 0. The van der Waals surface area contributed by atoms with Crippen molar-refractivity contribution in [1.29, 1.82) is 0 Å². The second-order valence-corrected chi connectivity index (χ2v) is 5.75. The first-order valence-corrected chi connectivity index (χ1v) is 7.73. The third-order valence-corrected chi connectivity index (χ3v) is 4.49. The van der Waals surface area contributed by atoms with Gasteiger partial charge in [-0.05, 0) is 11.6 Å². The number of benzene rings is 1. The number of nitrogens with zero attached hydrogens (tertiary/aromatic N) is 3. The molecule has 1 aliphatic heterocycles. The van der Waals surface area contributed by atoms with Crippen LogP contribution in [0.1, 0.15) is 34.0 Å². The van der Waals surface area contributed by atoms with E-state index in [1.807, 2.05) is 18.2 Å². The zero-order chi connectivity index (χ0) is 16.0. The van der Waals surface area contributed by atoms with Crippen molar-refractivity contribution in [3.63, 3.8) is 0 Å². The maximum Gasteiger partial charge on any atom is 0.269 e. The topological polar surface area (TPSA) is 113 Å². The molecule has 0 saturated heterocycles. The number of anilines is 1. The van der Waals surface area contributed by atoms with E-state index in [2.05, 4.69) is 29.6 Å². The Morgan fingerprint density at radius 2 is 2.26 bits per heavy atom. The molecule has 116 valence electrons. The number of fused-ring (bicyclic) bond motifs is 2. The van der Waals surface area contributed by atoms with Crippen molar-refractivity contribution in [3.8, 4) is 0 Å². The fourth-order valence-corrected chi connectivity index (χ4v) is 3.48. The van der Waals surface area contributed by atoms with Gasteiger partial charge in [-0.1, -0.05) is 12.1 Å². The Morgan fingerprint density at radius 1 is 1.39 bits per heavy atom.